The summed E-state index contributed by atoms with van der Waals surface area (Å²) >= 11 is 5.02. The van der Waals surface area contributed by atoms with Gasteiger partial charge in [-0.15, -0.1) is 0 Å². The van der Waals surface area contributed by atoms with E-state index >= 15 is 0 Å². The van der Waals surface area contributed by atoms with Crippen LogP contribution in [0, 0.1) is 5.92 Å². The monoisotopic (exact) mass is 484 g/mol. The molecule has 1 fully saturated rings. The van der Waals surface area contributed by atoms with Crippen molar-refractivity contribution in [2.45, 2.75) is 32.1 Å². The van der Waals surface area contributed by atoms with Gasteiger partial charge in [0.25, 0.3) is 11.8 Å². The van der Waals surface area contributed by atoms with Gasteiger partial charge in [-0.25, -0.2) is 0 Å². The first-order valence-electron chi connectivity index (χ1n) is 11.0. The Morgan fingerprint density at radius 2 is 1.56 bits per heavy atom. The van der Waals surface area contributed by atoms with Crippen LogP contribution in [0.3, 0.4) is 0 Å². The van der Waals surface area contributed by atoms with Gasteiger partial charge in [-0.1, -0.05) is 19.3 Å². The average molecular weight is 485 g/mol. The lowest BCUT2D eigenvalue weighted by atomic mass is 9.88. The first-order valence-corrected chi connectivity index (χ1v) is 11.4. The fourth-order valence-corrected chi connectivity index (χ4v) is 3.68. The molecule has 1 aliphatic rings. The number of hydrazine groups is 1. The molecule has 0 saturated heterocycles. The summed E-state index contributed by atoms with van der Waals surface area (Å²) in [6.45, 7) is -0.254. The number of benzene rings is 2. The Hall–Kier alpha value is -3.66. The van der Waals surface area contributed by atoms with Crippen LogP contribution in [-0.4, -0.2) is 36.6 Å². The van der Waals surface area contributed by atoms with E-state index in [1.807, 2.05) is 0 Å². The molecule has 180 valence electrons. The Balaban J connectivity index is 1.37. The van der Waals surface area contributed by atoms with Crippen molar-refractivity contribution < 1.29 is 23.9 Å². The Kier molecular flexibility index (Phi) is 9.21. The van der Waals surface area contributed by atoms with Gasteiger partial charge in [0.1, 0.15) is 11.5 Å². The fraction of sp³-hybridized carbons (Fsp3) is 0.333. The second-order valence-corrected chi connectivity index (χ2v) is 8.23. The lowest BCUT2D eigenvalue weighted by Gasteiger charge is -2.20. The van der Waals surface area contributed by atoms with Crippen LogP contribution in [-0.2, 0) is 9.59 Å². The molecule has 0 aromatic heterocycles. The van der Waals surface area contributed by atoms with Crippen LogP contribution >= 0.6 is 12.2 Å². The van der Waals surface area contributed by atoms with Crippen molar-refractivity contribution in [2.24, 2.45) is 5.92 Å². The lowest BCUT2D eigenvalue weighted by molar-refractivity contribution is -0.122. The first-order chi connectivity index (χ1) is 16.4. The Morgan fingerprint density at radius 1 is 0.912 bits per heavy atom. The van der Waals surface area contributed by atoms with Crippen molar-refractivity contribution in [3.05, 3.63) is 54.1 Å². The van der Waals surface area contributed by atoms with Crippen molar-refractivity contribution >= 4 is 40.7 Å². The van der Waals surface area contributed by atoms with Crippen LogP contribution in [0.1, 0.15) is 42.5 Å². The molecule has 0 spiro atoms. The maximum absolute atomic E-state index is 12.3. The van der Waals surface area contributed by atoms with Gasteiger partial charge in [0, 0.05) is 17.2 Å². The molecule has 0 bridgehead atoms. The van der Waals surface area contributed by atoms with E-state index in [9.17, 15) is 14.4 Å². The van der Waals surface area contributed by atoms with Crippen molar-refractivity contribution in [3.8, 4) is 11.5 Å². The fourth-order valence-electron chi connectivity index (χ4n) is 3.51. The maximum Gasteiger partial charge on any atom is 0.269 e. The molecule has 0 aliphatic heterocycles. The summed E-state index contributed by atoms with van der Waals surface area (Å²) in [6.07, 6.45) is 5.20. The number of carbonyl (C=O) groups is 3. The molecule has 0 radical (unpaired) electrons. The van der Waals surface area contributed by atoms with E-state index in [-0.39, 0.29) is 23.5 Å². The number of nitrogens with one attached hydrogen (secondary N) is 4. The number of methoxy groups -OCH3 is 1. The second-order valence-electron chi connectivity index (χ2n) is 7.82. The topological polar surface area (TPSA) is 118 Å². The molecule has 3 amide bonds. The summed E-state index contributed by atoms with van der Waals surface area (Å²) in [4.78, 5) is 36.6. The summed E-state index contributed by atoms with van der Waals surface area (Å²) in [5, 5.41) is 5.24. The molecule has 1 aliphatic carbocycles. The number of anilines is 1. The SMILES string of the molecule is COc1ccc(OCC(=O)NC(=S)NNC(=O)c2ccc(NC(=O)C3CCCCC3)cc2)cc1. The van der Waals surface area contributed by atoms with E-state index < -0.39 is 11.8 Å². The van der Waals surface area contributed by atoms with Gasteiger partial charge in [-0.05, 0) is 73.6 Å². The highest BCUT2D eigenvalue weighted by molar-refractivity contribution is 7.80. The van der Waals surface area contributed by atoms with E-state index in [1.165, 1.54) is 6.42 Å². The number of ether oxygens (including phenoxy) is 2. The molecule has 34 heavy (non-hydrogen) atoms. The highest BCUT2D eigenvalue weighted by atomic mass is 32.1. The van der Waals surface area contributed by atoms with Gasteiger partial charge in [-0.3, -0.25) is 30.6 Å². The zero-order chi connectivity index (χ0) is 24.3. The molecule has 2 aromatic rings. The molecule has 10 heteroatoms. The molecular formula is C24H28N4O5S. The van der Waals surface area contributed by atoms with E-state index in [4.69, 9.17) is 21.7 Å². The summed E-state index contributed by atoms with van der Waals surface area (Å²) in [7, 11) is 1.56. The van der Waals surface area contributed by atoms with Gasteiger partial charge >= 0.3 is 0 Å². The number of amides is 3. The van der Waals surface area contributed by atoms with Crippen LogP contribution < -0.4 is 31.0 Å². The minimum absolute atomic E-state index is 0.0237. The number of thiocarbonyl (C=S) groups is 1. The lowest BCUT2D eigenvalue weighted by Crippen LogP contribution is -2.49. The number of hydrogen-bond donors (Lipinski definition) is 4. The van der Waals surface area contributed by atoms with Gasteiger partial charge < -0.3 is 14.8 Å². The summed E-state index contributed by atoms with van der Waals surface area (Å²) < 4.78 is 10.4. The van der Waals surface area contributed by atoms with Crippen LogP contribution in [0.25, 0.3) is 0 Å². The molecular weight excluding hydrogens is 456 g/mol. The third-order valence-electron chi connectivity index (χ3n) is 5.36. The van der Waals surface area contributed by atoms with Crippen LogP contribution in [0.5, 0.6) is 11.5 Å². The number of rotatable bonds is 7. The standard InChI is InChI=1S/C24H28N4O5S/c1-32-19-11-13-20(14-12-19)33-15-21(29)26-24(34)28-27-23(31)17-7-9-18(10-8-17)25-22(30)16-5-3-2-4-6-16/h7-14,16H,2-6,15H2,1H3,(H,25,30)(H,27,31)(H2,26,28,29,34). The molecule has 2 aromatic carbocycles. The largest absolute Gasteiger partial charge is 0.497 e. The minimum atomic E-state index is -0.486. The zero-order valence-corrected chi connectivity index (χ0v) is 19.7. The Labute approximate surface area is 203 Å². The Bertz CT molecular complexity index is 1010. The smallest absolute Gasteiger partial charge is 0.269 e. The van der Waals surface area contributed by atoms with Crippen molar-refractivity contribution in [3.63, 3.8) is 0 Å². The second kappa shape index (κ2) is 12.5. The van der Waals surface area contributed by atoms with Crippen LogP contribution in [0.15, 0.2) is 48.5 Å². The highest BCUT2D eigenvalue weighted by Gasteiger charge is 2.21. The van der Waals surface area contributed by atoms with Crippen molar-refractivity contribution in [1.29, 1.82) is 0 Å². The first kappa shape index (κ1) is 25.0. The van der Waals surface area contributed by atoms with E-state index in [0.29, 0.717) is 22.7 Å². The van der Waals surface area contributed by atoms with Crippen LogP contribution in [0.2, 0.25) is 0 Å². The van der Waals surface area contributed by atoms with E-state index in [0.717, 1.165) is 25.7 Å². The quantitative estimate of drug-likeness (QED) is 0.353. The molecule has 0 unspecified atom stereocenters. The summed E-state index contributed by atoms with van der Waals surface area (Å²) in [5.74, 6) is 0.324. The van der Waals surface area contributed by atoms with Crippen molar-refractivity contribution in [1.82, 2.24) is 16.2 Å². The molecule has 3 rings (SSSR count). The van der Waals surface area contributed by atoms with Crippen molar-refractivity contribution in [2.75, 3.05) is 19.0 Å². The molecule has 0 heterocycles. The molecule has 1 saturated carbocycles. The Morgan fingerprint density at radius 3 is 2.21 bits per heavy atom. The predicted octanol–water partition coefficient (Wildman–Crippen LogP) is 2.93. The van der Waals surface area contributed by atoms with E-state index in [1.54, 1.807) is 55.6 Å². The maximum atomic E-state index is 12.3. The number of hydrogen-bond acceptors (Lipinski definition) is 6. The predicted molar refractivity (Wildman–Crippen MR) is 131 cm³/mol. The van der Waals surface area contributed by atoms with Crippen LogP contribution in [0.4, 0.5) is 5.69 Å². The third kappa shape index (κ3) is 7.73. The number of carbonyl (C=O) groups excluding carboxylic acids is 3. The van der Waals surface area contributed by atoms with Gasteiger partial charge in [0.05, 0.1) is 7.11 Å². The molecule has 9 nitrogen and oxygen atoms in total. The zero-order valence-electron chi connectivity index (χ0n) is 18.9. The highest BCUT2D eigenvalue weighted by Crippen LogP contribution is 2.25. The third-order valence-corrected chi connectivity index (χ3v) is 5.57. The normalized spacial score (nSPS) is 13.3. The molecule has 4 N–H and O–H groups in total. The summed E-state index contributed by atoms with van der Waals surface area (Å²) in [6, 6.07) is 13.3. The minimum Gasteiger partial charge on any atom is -0.497 e. The van der Waals surface area contributed by atoms with Gasteiger partial charge in [0.2, 0.25) is 5.91 Å². The van der Waals surface area contributed by atoms with Gasteiger partial charge in [-0.2, -0.15) is 0 Å². The van der Waals surface area contributed by atoms with E-state index in [2.05, 4.69) is 21.5 Å². The summed E-state index contributed by atoms with van der Waals surface area (Å²) in [5.41, 5.74) is 5.89. The molecule has 0 atom stereocenters. The van der Waals surface area contributed by atoms with Gasteiger partial charge in [0.15, 0.2) is 11.7 Å². The average Bonchev–Trinajstić information content (AvgIpc) is 2.87.